The number of thiazole rings is 1. The number of carbonyl (C=O) groups excluding carboxylic acids is 2. The van der Waals surface area contributed by atoms with Crippen molar-refractivity contribution in [2.24, 2.45) is 5.92 Å². The van der Waals surface area contributed by atoms with Crippen LogP contribution in [0.15, 0.2) is 36.7 Å². The number of aromatic nitrogens is 2. The molecule has 1 aliphatic heterocycles. The average molecular weight is 451 g/mol. The van der Waals surface area contributed by atoms with Gasteiger partial charge in [-0.2, -0.15) is 13.2 Å². The second kappa shape index (κ2) is 8.33. The molecule has 0 radical (unpaired) electrons. The first-order chi connectivity index (χ1) is 14.8. The molecule has 0 aliphatic carbocycles. The van der Waals surface area contributed by atoms with E-state index >= 15 is 0 Å². The van der Waals surface area contributed by atoms with E-state index in [2.05, 4.69) is 4.98 Å². The standard InChI is InChI=1S/C21H20F3N3O3S/c1-2-30-19(29)14-4-3-9-26(10-14)18(28)16-11-27-12-17(31-20(27)25-16)13-5-7-15(8-6-13)21(22,23)24/h5-8,11-12,14H,2-4,9-10H2,1H3. The summed E-state index contributed by atoms with van der Waals surface area (Å²) in [5.74, 6) is -0.861. The molecule has 1 fully saturated rings. The number of likely N-dealkylation sites (tertiary alicyclic amines) is 1. The van der Waals surface area contributed by atoms with Crippen LogP contribution in [0, 0.1) is 5.92 Å². The Labute approximate surface area is 180 Å². The Balaban J connectivity index is 1.50. The van der Waals surface area contributed by atoms with E-state index in [0.717, 1.165) is 23.4 Å². The van der Waals surface area contributed by atoms with E-state index < -0.39 is 11.7 Å². The third kappa shape index (κ3) is 4.43. The highest BCUT2D eigenvalue weighted by Gasteiger charge is 2.31. The maximum atomic E-state index is 12.9. The number of nitrogens with zero attached hydrogens (tertiary/aromatic N) is 3. The summed E-state index contributed by atoms with van der Waals surface area (Å²) in [4.78, 5) is 32.2. The number of hydrogen-bond acceptors (Lipinski definition) is 5. The molecule has 2 aromatic heterocycles. The molecule has 1 aliphatic rings. The highest BCUT2D eigenvalue weighted by atomic mass is 32.1. The fraction of sp³-hybridized carbons (Fsp3) is 0.381. The Morgan fingerprint density at radius 2 is 1.97 bits per heavy atom. The van der Waals surface area contributed by atoms with E-state index in [9.17, 15) is 22.8 Å². The van der Waals surface area contributed by atoms with Crippen LogP contribution < -0.4 is 0 Å². The van der Waals surface area contributed by atoms with Crippen LogP contribution in [0.25, 0.3) is 15.4 Å². The smallest absolute Gasteiger partial charge is 0.416 e. The van der Waals surface area contributed by atoms with Crippen molar-refractivity contribution in [2.45, 2.75) is 25.9 Å². The molecule has 31 heavy (non-hydrogen) atoms. The summed E-state index contributed by atoms with van der Waals surface area (Å²) >= 11 is 1.29. The number of ether oxygens (including phenoxy) is 1. The predicted molar refractivity (Wildman–Crippen MR) is 109 cm³/mol. The van der Waals surface area contributed by atoms with Gasteiger partial charge in [-0.05, 0) is 37.5 Å². The Bertz CT molecular complexity index is 1070. The lowest BCUT2D eigenvalue weighted by molar-refractivity contribution is -0.149. The van der Waals surface area contributed by atoms with Crippen LogP contribution in [0.1, 0.15) is 35.8 Å². The van der Waals surface area contributed by atoms with Gasteiger partial charge < -0.3 is 9.64 Å². The minimum Gasteiger partial charge on any atom is -0.466 e. The van der Waals surface area contributed by atoms with Gasteiger partial charge in [-0.3, -0.25) is 14.0 Å². The molecule has 10 heteroatoms. The summed E-state index contributed by atoms with van der Waals surface area (Å²) in [6.07, 6.45) is 0.380. The summed E-state index contributed by atoms with van der Waals surface area (Å²) in [6.45, 7) is 2.92. The molecule has 1 atom stereocenters. The molecule has 4 rings (SSSR count). The number of piperidine rings is 1. The fourth-order valence-electron chi connectivity index (χ4n) is 3.63. The summed E-state index contributed by atoms with van der Waals surface area (Å²) in [5.41, 5.74) is 0.215. The number of rotatable bonds is 4. The van der Waals surface area contributed by atoms with Crippen LogP contribution in [0.2, 0.25) is 0 Å². The van der Waals surface area contributed by atoms with Crippen LogP contribution in [-0.2, 0) is 15.7 Å². The van der Waals surface area contributed by atoms with Crippen molar-refractivity contribution < 1.29 is 27.5 Å². The van der Waals surface area contributed by atoms with Crippen LogP contribution in [0.4, 0.5) is 13.2 Å². The largest absolute Gasteiger partial charge is 0.466 e. The van der Waals surface area contributed by atoms with Gasteiger partial charge in [-0.1, -0.05) is 23.5 Å². The topological polar surface area (TPSA) is 63.9 Å². The van der Waals surface area contributed by atoms with E-state index in [4.69, 9.17) is 4.74 Å². The maximum absolute atomic E-state index is 12.9. The highest BCUT2D eigenvalue weighted by molar-refractivity contribution is 7.20. The van der Waals surface area contributed by atoms with Gasteiger partial charge in [-0.15, -0.1) is 0 Å². The first kappa shape index (κ1) is 21.4. The normalized spacial score (nSPS) is 17.2. The molecule has 0 saturated carbocycles. The van der Waals surface area contributed by atoms with Gasteiger partial charge in [0.05, 0.1) is 23.0 Å². The number of benzene rings is 1. The Hall–Kier alpha value is -2.88. The van der Waals surface area contributed by atoms with Crippen LogP contribution in [-0.4, -0.2) is 45.9 Å². The summed E-state index contributed by atoms with van der Waals surface area (Å²) in [7, 11) is 0. The molecule has 1 unspecified atom stereocenters. The fourth-order valence-corrected chi connectivity index (χ4v) is 4.60. The van der Waals surface area contributed by atoms with E-state index in [-0.39, 0.29) is 23.5 Å². The molecule has 1 amide bonds. The molecular weight excluding hydrogens is 431 g/mol. The number of carbonyl (C=O) groups is 2. The van der Waals surface area contributed by atoms with Gasteiger partial charge in [0, 0.05) is 25.5 Å². The molecule has 3 aromatic rings. The SMILES string of the molecule is CCOC(=O)C1CCCN(C(=O)c2cn3cc(-c4ccc(C(F)(F)F)cc4)sc3n2)C1. The third-order valence-electron chi connectivity index (χ3n) is 5.20. The van der Waals surface area contributed by atoms with Crippen LogP contribution in [0.3, 0.4) is 0 Å². The monoisotopic (exact) mass is 451 g/mol. The van der Waals surface area contributed by atoms with Gasteiger partial charge in [0.25, 0.3) is 5.91 Å². The van der Waals surface area contributed by atoms with Crippen molar-refractivity contribution in [1.82, 2.24) is 14.3 Å². The van der Waals surface area contributed by atoms with Crippen molar-refractivity contribution in [3.05, 3.63) is 47.9 Å². The number of esters is 1. The Morgan fingerprint density at radius 3 is 2.61 bits per heavy atom. The van der Waals surface area contributed by atoms with Crippen molar-refractivity contribution in [2.75, 3.05) is 19.7 Å². The Morgan fingerprint density at radius 1 is 1.23 bits per heavy atom. The first-order valence-electron chi connectivity index (χ1n) is 9.88. The van der Waals surface area contributed by atoms with Crippen molar-refractivity contribution >= 4 is 28.2 Å². The number of imidazole rings is 1. The van der Waals surface area contributed by atoms with Gasteiger partial charge in [-0.25, -0.2) is 4.98 Å². The summed E-state index contributed by atoms with van der Waals surface area (Å²) in [6, 6.07) is 4.93. The van der Waals surface area contributed by atoms with Gasteiger partial charge in [0.1, 0.15) is 5.69 Å². The zero-order chi connectivity index (χ0) is 22.2. The average Bonchev–Trinajstić information content (AvgIpc) is 3.32. The van der Waals surface area contributed by atoms with E-state index in [0.29, 0.717) is 36.6 Å². The molecule has 0 N–H and O–H groups in total. The van der Waals surface area contributed by atoms with Crippen molar-refractivity contribution in [3.63, 3.8) is 0 Å². The third-order valence-corrected chi connectivity index (χ3v) is 6.25. The minimum absolute atomic E-state index is 0.249. The number of alkyl halides is 3. The molecule has 0 spiro atoms. The molecule has 3 heterocycles. The first-order valence-corrected chi connectivity index (χ1v) is 10.7. The van der Waals surface area contributed by atoms with E-state index in [1.54, 1.807) is 28.6 Å². The van der Waals surface area contributed by atoms with Crippen molar-refractivity contribution in [1.29, 1.82) is 0 Å². The minimum atomic E-state index is -4.38. The van der Waals surface area contributed by atoms with Gasteiger partial charge >= 0.3 is 12.1 Å². The van der Waals surface area contributed by atoms with E-state index in [1.165, 1.54) is 23.5 Å². The van der Waals surface area contributed by atoms with Gasteiger partial charge in [0.2, 0.25) is 0 Å². The van der Waals surface area contributed by atoms with Crippen LogP contribution >= 0.6 is 11.3 Å². The maximum Gasteiger partial charge on any atom is 0.416 e. The molecule has 6 nitrogen and oxygen atoms in total. The van der Waals surface area contributed by atoms with E-state index in [1.807, 2.05) is 0 Å². The summed E-state index contributed by atoms with van der Waals surface area (Å²) < 4.78 is 45.0. The number of halogens is 3. The molecule has 1 aromatic carbocycles. The number of hydrogen-bond donors (Lipinski definition) is 0. The summed E-state index contributed by atoms with van der Waals surface area (Å²) in [5, 5.41) is 0. The molecule has 164 valence electrons. The highest BCUT2D eigenvalue weighted by Crippen LogP contribution is 2.33. The lowest BCUT2D eigenvalue weighted by Gasteiger charge is -2.31. The predicted octanol–water partition coefficient (Wildman–Crippen LogP) is 4.50. The molecular formula is C21H20F3N3O3S. The second-order valence-electron chi connectivity index (χ2n) is 7.33. The molecule has 1 saturated heterocycles. The van der Waals surface area contributed by atoms with Crippen LogP contribution in [0.5, 0.6) is 0 Å². The zero-order valence-electron chi connectivity index (χ0n) is 16.7. The lowest BCUT2D eigenvalue weighted by atomic mass is 9.98. The number of amides is 1. The second-order valence-corrected chi connectivity index (χ2v) is 8.34. The number of fused-ring (bicyclic) bond motifs is 1. The Kier molecular flexibility index (Phi) is 5.74. The quantitative estimate of drug-likeness (QED) is 0.548. The zero-order valence-corrected chi connectivity index (χ0v) is 17.5. The lowest BCUT2D eigenvalue weighted by Crippen LogP contribution is -2.43. The van der Waals surface area contributed by atoms with Crippen molar-refractivity contribution in [3.8, 4) is 10.4 Å². The van der Waals surface area contributed by atoms with Gasteiger partial charge in [0.15, 0.2) is 4.96 Å². The molecule has 0 bridgehead atoms.